The molecule has 126 valence electrons. The number of halogens is 1. The molecule has 0 heterocycles. The Kier molecular flexibility index (Phi) is 6.68. The van der Waals surface area contributed by atoms with Gasteiger partial charge in [0.2, 0.25) is 5.91 Å². The summed E-state index contributed by atoms with van der Waals surface area (Å²) in [5.74, 6) is -2.58. The van der Waals surface area contributed by atoms with Gasteiger partial charge in [-0.2, -0.15) is 0 Å². The standard InChI is InChI=1S/C16H21FN2O4/c1-3-16(4-2,15(22)23)10-19-13(20)9-18-14(21)11-6-5-7-12(17)8-11/h5-8H,3-4,9-10H2,1-2H3,(H,18,21)(H,19,20)(H,22,23). The summed E-state index contributed by atoms with van der Waals surface area (Å²) in [6.45, 7) is 3.17. The quantitative estimate of drug-likeness (QED) is 0.676. The monoisotopic (exact) mass is 324 g/mol. The van der Waals surface area contributed by atoms with E-state index in [9.17, 15) is 23.9 Å². The van der Waals surface area contributed by atoms with Gasteiger partial charge in [-0.05, 0) is 31.0 Å². The van der Waals surface area contributed by atoms with E-state index in [1.165, 1.54) is 18.2 Å². The molecule has 23 heavy (non-hydrogen) atoms. The molecule has 2 amide bonds. The van der Waals surface area contributed by atoms with Crippen LogP contribution in [0, 0.1) is 11.2 Å². The third-order valence-corrected chi connectivity index (χ3v) is 3.93. The van der Waals surface area contributed by atoms with E-state index in [0.29, 0.717) is 12.8 Å². The molecule has 1 aromatic carbocycles. The van der Waals surface area contributed by atoms with E-state index in [4.69, 9.17) is 0 Å². The van der Waals surface area contributed by atoms with E-state index < -0.39 is 29.0 Å². The first kappa shape index (κ1) is 18.6. The van der Waals surface area contributed by atoms with E-state index in [2.05, 4.69) is 10.6 Å². The van der Waals surface area contributed by atoms with Crippen LogP contribution in [0.25, 0.3) is 0 Å². The lowest BCUT2D eigenvalue weighted by molar-refractivity contribution is -0.149. The molecule has 0 aliphatic rings. The number of carboxylic acids is 1. The molecule has 0 unspecified atom stereocenters. The Morgan fingerprint density at radius 1 is 1.17 bits per heavy atom. The Morgan fingerprint density at radius 3 is 2.35 bits per heavy atom. The fourth-order valence-corrected chi connectivity index (χ4v) is 2.10. The molecule has 0 aliphatic heterocycles. The number of carbonyl (C=O) groups excluding carboxylic acids is 2. The van der Waals surface area contributed by atoms with Gasteiger partial charge in [0, 0.05) is 12.1 Å². The topological polar surface area (TPSA) is 95.5 Å². The smallest absolute Gasteiger partial charge is 0.311 e. The van der Waals surface area contributed by atoms with E-state index in [0.717, 1.165) is 6.07 Å². The molecule has 6 nitrogen and oxygen atoms in total. The average molecular weight is 324 g/mol. The number of carboxylic acid groups (broad SMARTS) is 1. The average Bonchev–Trinajstić information content (AvgIpc) is 2.53. The molecular weight excluding hydrogens is 303 g/mol. The normalized spacial score (nSPS) is 10.9. The van der Waals surface area contributed by atoms with Crippen LogP contribution in [0.4, 0.5) is 4.39 Å². The molecule has 0 atom stereocenters. The van der Waals surface area contributed by atoms with Crippen molar-refractivity contribution in [1.82, 2.24) is 10.6 Å². The van der Waals surface area contributed by atoms with Crippen LogP contribution in [0.3, 0.4) is 0 Å². The van der Waals surface area contributed by atoms with Crippen molar-refractivity contribution in [3.63, 3.8) is 0 Å². The van der Waals surface area contributed by atoms with Crippen molar-refractivity contribution in [2.45, 2.75) is 26.7 Å². The molecule has 0 saturated heterocycles. The Bertz CT molecular complexity index is 585. The number of nitrogens with one attached hydrogen (secondary N) is 2. The number of hydrogen-bond donors (Lipinski definition) is 3. The largest absolute Gasteiger partial charge is 0.481 e. The third-order valence-electron chi connectivity index (χ3n) is 3.93. The van der Waals surface area contributed by atoms with Gasteiger partial charge in [0.15, 0.2) is 0 Å². The first-order chi connectivity index (χ1) is 10.8. The van der Waals surface area contributed by atoms with Crippen molar-refractivity contribution in [3.8, 4) is 0 Å². The lowest BCUT2D eigenvalue weighted by Crippen LogP contribution is -2.45. The van der Waals surface area contributed by atoms with Gasteiger partial charge in [-0.1, -0.05) is 19.9 Å². The molecule has 3 N–H and O–H groups in total. The predicted molar refractivity (Wildman–Crippen MR) is 82.4 cm³/mol. The van der Waals surface area contributed by atoms with E-state index in [1.54, 1.807) is 13.8 Å². The molecular formula is C16H21FN2O4. The van der Waals surface area contributed by atoms with Crippen molar-refractivity contribution >= 4 is 17.8 Å². The minimum absolute atomic E-state index is 0.00992. The van der Waals surface area contributed by atoms with Gasteiger partial charge in [0.1, 0.15) is 5.82 Å². The third kappa shape index (κ3) is 5.05. The van der Waals surface area contributed by atoms with Gasteiger partial charge in [-0.25, -0.2) is 4.39 Å². The Labute approximate surface area is 134 Å². The van der Waals surface area contributed by atoms with Gasteiger partial charge in [-0.3, -0.25) is 14.4 Å². The SMILES string of the molecule is CCC(CC)(CNC(=O)CNC(=O)c1cccc(F)c1)C(=O)O. The van der Waals surface area contributed by atoms with E-state index in [1.807, 2.05) is 0 Å². The van der Waals surface area contributed by atoms with Crippen LogP contribution in [0.2, 0.25) is 0 Å². The van der Waals surface area contributed by atoms with Gasteiger partial charge < -0.3 is 15.7 Å². The number of aliphatic carboxylic acids is 1. The second kappa shape index (κ2) is 8.26. The summed E-state index contributed by atoms with van der Waals surface area (Å²) in [5, 5.41) is 14.2. The molecule has 0 aromatic heterocycles. The molecule has 0 bridgehead atoms. The summed E-state index contributed by atoms with van der Waals surface area (Å²) in [7, 11) is 0. The highest BCUT2D eigenvalue weighted by Gasteiger charge is 2.35. The second-order valence-electron chi connectivity index (χ2n) is 5.26. The molecule has 0 radical (unpaired) electrons. The van der Waals surface area contributed by atoms with Crippen molar-refractivity contribution in [3.05, 3.63) is 35.6 Å². The summed E-state index contributed by atoms with van der Waals surface area (Å²) in [6, 6.07) is 5.11. The van der Waals surface area contributed by atoms with Crippen LogP contribution in [0.15, 0.2) is 24.3 Å². The maximum Gasteiger partial charge on any atom is 0.311 e. The van der Waals surface area contributed by atoms with Crippen LogP contribution < -0.4 is 10.6 Å². The fraction of sp³-hybridized carbons (Fsp3) is 0.438. The van der Waals surface area contributed by atoms with Crippen molar-refractivity contribution in [2.24, 2.45) is 5.41 Å². The number of benzene rings is 1. The number of amides is 2. The number of carbonyl (C=O) groups is 3. The summed E-state index contributed by atoms with van der Waals surface area (Å²) in [4.78, 5) is 34.8. The minimum atomic E-state index is -1.01. The maximum atomic E-state index is 13.0. The second-order valence-corrected chi connectivity index (χ2v) is 5.26. The Balaban J connectivity index is 2.51. The first-order valence-corrected chi connectivity index (χ1v) is 7.38. The van der Waals surface area contributed by atoms with Crippen LogP contribution >= 0.6 is 0 Å². The van der Waals surface area contributed by atoms with E-state index in [-0.39, 0.29) is 18.7 Å². The summed E-state index contributed by atoms with van der Waals surface area (Å²) in [5.41, 5.74) is -0.901. The molecule has 1 aromatic rings. The fourth-order valence-electron chi connectivity index (χ4n) is 2.10. The zero-order valence-corrected chi connectivity index (χ0v) is 13.2. The zero-order chi connectivity index (χ0) is 17.5. The van der Waals surface area contributed by atoms with Gasteiger partial charge in [0.25, 0.3) is 5.91 Å². The van der Waals surface area contributed by atoms with Crippen LogP contribution in [0.5, 0.6) is 0 Å². The highest BCUT2D eigenvalue weighted by atomic mass is 19.1. The summed E-state index contributed by atoms with van der Waals surface area (Å²) in [6.07, 6.45) is 0.767. The highest BCUT2D eigenvalue weighted by Crippen LogP contribution is 2.25. The molecule has 0 spiro atoms. The predicted octanol–water partition coefficient (Wildman–Crippen LogP) is 1.56. The Hall–Kier alpha value is -2.44. The van der Waals surface area contributed by atoms with Crippen LogP contribution in [-0.2, 0) is 9.59 Å². The zero-order valence-electron chi connectivity index (χ0n) is 13.2. The molecule has 0 fully saturated rings. The Morgan fingerprint density at radius 2 is 1.83 bits per heavy atom. The minimum Gasteiger partial charge on any atom is -0.481 e. The molecule has 7 heteroatoms. The lowest BCUT2D eigenvalue weighted by atomic mass is 9.82. The molecule has 1 rings (SSSR count). The van der Waals surface area contributed by atoms with Gasteiger partial charge >= 0.3 is 5.97 Å². The van der Waals surface area contributed by atoms with E-state index >= 15 is 0 Å². The van der Waals surface area contributed by atoms with Crippen LogP contribution in [0.1, 0.15) is 37.0 Å². The summed E-state index contributed by atoms with van der Waals surface area (Å²) >= 11 is 0. The van der Waals surface area contributed by atoms with Crippen molar-refractivity contribution in [2.75, 3.05) is 13.1 Å². The molecule has 0 aliphatic carbocycles. The maximum absolute atomic E-state index is 13.0. The van der Waals surface area contributed by atoms with Crippen molar-refractivity contribution in [1.29, 1.82) is 0 Å². The van der Waals surface area contributed by atoms with Gasteiger partial charge in [0.05, 0.1) is 12.0 Å². The van der Waals surface area contributed by atoms with Crippen LogP contribution in [-0.4, -0.2) is 36.0 Å². The number of hydrogen-bond acceptors (Lipinski definition) is 3. The van der Waals surface area contributed by atoms with Crippen molar-refractivity contribution < 1.29 is 23.9 Å². The first-order valence-electron chi connectivity index (χ1n) is 7.38. The highest BCUT2D eigenvalue weighted by molar-refractivity contribution is 5.96. The number of rotatable bonds is 8. The van der Waals surface area contributed by atoms with Gasteiger partial charge in [-0.15, -0.1) is 0 Å². The lowest BCUT2D eigenvalue weighted by Gasteiger charge is -2.26. The summed E-state index contributed by atoms with van der Waals surface area (Å²) < 4.78 is 13.0. The molecule has 0 saturated carbocycles.